The fourth-order valence-corrected chi connectivity index (χ4v) is 7.44. The molecule has 3 atom stereocenters. The zero-order valence-electron chi connectivity index (χ0n) is 20.2. The molecule has 0 amide bonds. The van der Waals surface area contributed by atoms with Gasteiger partial charge in [0, 0.05) is 35.0 Å². The lowest BCUT2D eigenvalue weighted by molar-refractivity contribution is 0.0477. The lowest BCUT2D eigenvalue weighted by Gasteiger charge is -2.45. The van der Waals surface area contributed by atoms with Gasteiger partial charge in [0.15, 0.2) is 0 Å². The second-order valence-electron chi connectivity index (χ2n) is 12.0. The van der Waals surface area contributed by atoms with Gasteiger partial charge in [-0.05, 0) is 105 Å². The average Bonchev–Trinajstić information content (AvgIpc) is 3.46. The fraction of sp³-hybridized carbons (Fsp3) is 0.923. The molecule has 176 valence electrons. The van der Waals surface area contributed by atoms with Crippen molar-refractivity contribution in [1.82, 2.24) is 9.80 Å². The van der Waals surface area contributed by atoms with Crippen LogP contribution in [-0.2, 0) is 4.74 Å². The summed E-state index contributed by atoms with van der Waals surface area (Å²) < 4.78 is 6.20. The Hall–Kier alpha value is -0.460. The Balaban J connectivity index is 1.18. The highest BCUT2D eigenvalue weighted by Crippen LogP contribution is 2.56. The van der Waals surface area contributed by atoms with Crippen molar-refractivity contribution >= 4 is 0 Å². The molecule has 5 rings (SSSR count). The summed E-state index contributed by atoms with van der Waals surface area (Å²) in [6.45, 7) is 12.7. The summed E-state index contributed by atoms with van der Waals surface area (Å²) in [6.07, 6.45) is 13.4. The minimum atomic E-state index is 0.0684. The molecule has 4 N–H and O–H groups in total. The van der Waals surface area contributed by atoms with Crippen LogP contribution in [0.25, 0.3) is 0 Å². The van der Waals surface area contributed by atoms with E-state index in [-0.39, 0.29) is 22.5 Å². The van der Waals surface area contributed by atoms with Crippen LogP contribution in [0.3, 0.4) is 0 Å². The minimum absolute atomic E-state index is 0.0684. The summed E-state index contributed by atoms with van der Waals surface area (Å²) in [5, 5.41) is 0. The van der Waals surface area contributed by atoms with Gasteiger partial charge in [-0.3, -0.25) is 0 Å². The molecule has 2 aliphatic carbocycles. The van der Waals surface area contributed by atoms with E-state index >= 15 is 0 Å². The maximum absolute atomic E-state index is 6.72. The van der Waals surface area contributed by atoms with E-state index in [0.29, 0.717) is 18.1 Å². The first kappa shape index (κ1) is 22.3. The molecule has 5 heteroatoms. The van der Waals surface area contributed by atoms with Crippen molar-refractivity contribution in [3.05, 3.63) is 11.6 Å². The van der Waals surface area contributed by atoms with Crippen LogP contribution in [0.2, 0.25) is 0 Å². The highest BCUT2D eigenvalue weighted by molar-refractivity contribution is 5.25. The summed E-state index contributed by atoms with van der Waals surface area (Å²) >= 11 is 0. The van der Waals surface area contributed by atoms with Crippen molar-refractivity contribution in [2.75, 3.05) is 32.8 Å². The second-order valence-corrected chi connectivity index (χ2v) is 12.0. The van der Waals surface area contributed by atoms with Crippen molar-refractivity contribution in [1.29, 1.82) is 0 Å². The number of ether oxygens (including phenoxy) is 1. The smallest absolute Gasteiger partial charge is 0.0841 e. The first-order valence-corrected chi connectivity index (χ1v) is 13.1. The number of hydrogen-bond acceptors (Lipinski definition) is 5. The maximum atomic E-state index is 6.72. The summed E-state index contributed by atoms with van der Waals surface area (Å²) in [5.74, 6) is 0. The molecule has 0 aromatic rings. The van der Waals surface area contributed by atoms with Gasteiger partial charge in [0.1, 0.15) is 0 Å². The fourth-order valence-electron chi connectivity index (χ4n) is 7.44. The molecule has 2 saturated carbocycles. The van der Waals surface area contributed by atoms with E-state index in [1.807, 2.05) is 0 Å². The van der Waals surface area contributed by atoms with Crippen molar-refractivity contribution in [2.24, 2.45) is 22.3 Å². The molecule has 3 saturated heterocycles. The number of likely N-dealkylation sites (tertiary alicyclic amines) is 2. The Kier molecular flexibility index (Phi) is 5.83. The number of hydrogen-bond donors (Lipinski definition) is 2. The molecular weight excluding hydrogens is 384 g/mol. The number of piperidine rings is 2. The normalized spacial score (nSPS) is 36.9. The summed E-state index contributed by atoms with van der Waals surface area (Å²) in [7, 11) is 0. The summed E-state index contributed by atoms with van der Waals surface area (Å²) in [4.78, 5) is 5.33. The number of nitrogens with zero attached hydrogens (tertiary/aromatic N) is 2. The van der Waals surface area contributed by atoms with Crippen LogP contribution in [0, 0.1) is 10.8 Å². The molecule has 0 bridgehead atoms. The minimum Gasteiger partial charge on any atom is -0.373 e. The van der Waals surface area contributed by atoms with Gasteiger partial charge in [-0.1, -0.05) is 11.6 Å². The van der Waals surface area contributed by atoms with Gasteiger partial charge in [0.2, 0.25) is 0 Å². The Morgan fingerprint density at radius 3 is 2.19 bits per heavy atom. The van der Waals surface area contributed by atoms with E-state index in [1.54, 1.807) is 5.57 Å². The van der Waals surface area contributed by atoms with Crippen LogP contribution in [0.15, 0.2) is 11.6 Å². The molecule has 5 fully saturated rings. The molecule has 5 aliphatic rings. The Morgan fingerprint density at radius 2 is 1.61 bits per heavy atom. The second kappa shape index (κ2) is 8.09. The van der Waals surface area contributed by atoms with E-state index in [2.05, 4.69) is 36.6 Å². The molecule has 0 radical (unpaired) electrons. The third-order valence-electron chi connectivity index (χ3n) is 10.2. The summed E-state index contributed by atoms with van der Waals surface area (Å²) in [6, 6.07) is 1.87. The van der Waals surface area contributed by atoms with Crippen molar-refractivity contribution < 1.29 is 4.74 Å². The molecule has 5 nitrogen and oxygen atoms in total. The van der Waals surface area contributed by atoms with Crippen LogP contribution in [0.4, 0.5) is 0 Å². The molecule has 3 spiro atoms. The lowest BCUT2D eigenvalue weighted by atomic mass is 9.71. The Morgan fingerprint density at radius 1 is 0.968 bits per heavy atom. The molecule has 3 heterocycles. The van der Waals surface area contributed by atoms with Crippen molar-refractivity contribution in [3.63, 3.8) is 0 Å². The van der Waals surface area contributed by atoms with E-state index < -0.39 is 0 Å². The van der Waals surface area contributed by atoms with Crippen LogP contribution < -0.4 is 11.5 Å². The van der Waals surface area contributed by atoms with Gasteiger partial charge < -0.3 is 26.0 Å². The zero-order chi connectivity index (χ0) is 21.9. The van der Waals surface area contributed by atoms with Crippen molar-refractivity contribution in [3.8, 4) is 0 Å². The molecule has 31 heavy (non-hydrogen) atoms. The van der Waals surface area contributed by atoms with Crippen LogP contribution in [0.5, 0.6) is 0 Å². The van der Waals surface area contributed by atoms with E-state index in [4.69, 9.17) is 16.2 Å². The van der Waals surface area contributed by atoms with E-state index in [1.165, 1.54) is 77.5 Å². The van der Waals surface area contributed by atoms with Gasteiger partial charge in [0.25, 0.3) is 0 Å². The van der Waals surface area contributed by atoms with E-state index in [9.17, 15) is 0 Å². The van der Waals surface area contributed by atoms with Crippen LogP contribution in [-0.4, -0.2) is 72.4 Å². The monoisotopic (exact) mass is 430 g/mol. The van der Waals surface area contributed by atoms with Crippen molar-refractivity contribution in [2.45, 2.75) is 108 Å². The Bertz CT molecular complexity index is 684. The molecular formula is C26H46N4O. The standard InChI is InChI=1S/C26H46N4O/c1-19(2)29-16-12-25(13-17-29)21(6-7-22(25)27)5-4-20(3)30-14-10-24(11-15-30)18-31-26(8-9-26)23(24)28/h5,19-20,22-23H,4,6-18,27-28H2,1-3H3/b21-5+/t20?,22-,23?/m1/s1. The average molecular weight is 431 g/mol. The maximum Gasteiger partial charge on any atom is 0.0841 e. The van der Waals surface area contributed by atoms with Gasteiger partial charge >= 0.3 is 0 Å². The number of nitrogens with two attached hydrogens (primary N) is 2. The Labute approximate surface area is 189 Å². The first-order chi connectivity index (χ1) is 14.8. The van der Waals surface area contributed by atoms with Crippen LogP contribution in [0.1, 0.15) is 78.6 Å². The highest BCUT2D eigenvalue weighted by atomic mass is 16.5. The third kappa shape index (κ3) is 3.73. The molecule has 0 aromatic carbocycles. The molecule has 3 aliphatic heterocycles. The highest BCUT2D eigenvalue weighted by Gasteiger charge is 2.63. The quantitative estimate of drug-likeness (QED) is 0.670. The predicted molar refractivity (Wildman–Crippen MR) is 127 cm³/mol. The van der Waals surface area contributed by atoms with Gasteiger partial charge in [-0.25, -0.2) is 0 Å². The van der Waals surface area contributed by atoms with Gasteiger partial charge in [-0.15, -0.1) is 0 Å². The SMILES string of the molecule is CC(C)N1CCC2(CC1)/C(=C/CC(C)N1CCC3(CC1)COC1(CC1)C3N)CC[C@H]2N. The van der Waals surface area contributed by atoms with Gasteiger partial charge in [-0.2, -0.15) is 0 Å². The van der Waals surface area contributed by atoms with Gasteiger partial charge in [0.05, 0.1) is 12.2 Å². The first-order valence-electron chi connectivity index (χ1n) is 13.1. The topological polar surface area (TPSA) is 67.8 Å². The van der Waals surface area contributed by atoms with E-state index in [0.717, 1.165) is 13.0 Å². The number of rotatable bonds is 4. The molecule has 2 unspecified atom stereocenters. The lowest BCUT2D eigenvalue weighted by Crippen LogP contribution is -2.53. The van der Waals surface area contributed by atoms with Crippen LogP contribution >= 0.6 is 0 Å². The zero-order valence-corrected chi connectivity index (χ0v) is 20.2. The largest absolute Gasteiger partial charge is 0.373 e. The predicted octanol–water partition coefficient (Wildman–Crippen LogP) is 3.28. The third-order valence-corrected chi connectivity index (χ3v) is 10.2. The summed E-state index contributed by atoms with van der Waals surface area (Å²) in [5.41, 5.74) is 15.7. The molecule has 0 aromatic heterocycles.